The summed E-state index contributed by atoms with van der Waals surface area (Å²) in [6, 6.07) is 0. The first kappa shape index (κ1) is 9.05. The summed E-state index contributed by atoms with van der Waals surface area (Å²) < 4.78 is 0. The molecule has 1 rings (SSSR count). The van der Waals surface area contributed by atoms with Crippen LogP contribution in [0.15, 0.2) is 0 Å². The van der Waals surface area contributed by atoms with Crippen LogP contribution in [0.2, 0.25) is 0 Å². The van der Waals surface area contributed by atoms with Crippen LogP contribution >= 0.6 is 0 Å². The molecule has 66 valence electrons. The van der Waals surface area contributed by atoms with Crippen molar-refractivity contribution in [2.45, 2.75) is 52.1 Å². The maximum atomic E-state index is 10.1. The van der Waals surface area contributed by atoms with E-state index in [2.05, 4.69) is 20.8 Å². The Morgan fingerprint density at radius 2 is 2.09 bits per heavy atom. The van der Waals surface area contributed by atoms with Crippen LogP contribution in [0.1, 0.15) is 46.5 Å². The van der Waals surface area contributed by atoms with Crippen molar-refractivity contribution in [3.8, 4) is 0 Å². The van der Waals surface area contributed by atoms with Crippen LogP contribution in [-0.2, 0) is 0 Å². The number of hydrogen-bond acceptors (Lipinski definition) is 1. The molecule has 1 fully saturated rings. The highest BCUT2D eigenvalue weighted by Crippen LogP contribution is 2.36. The summed E-state index contributed by atoms with van der Waals surface area (Å²) in [5, 5.41) is 10.1. The first-order valence-electron chi connectivity index (χ1n) is 4.77. The lowest BCUT2D eigenvalue weighted by atomic mass is 9.73. The Hall–Kier alpha value is -0.0400. The van der Waals surface area contributed by atoms with Gasteiger partial charge in [0, 0.05) is 0 Å². The molecular weight excluding hydrogens is 136 g/mol. The molecule has 0 saturated heterocycles. The van der Waals surface area contributed by atoms with E-state index < -0.39 is 0 Å². The van der Waals surface area contributed by atoms with E-state index in [1.165, 1.54) is 12.8 Å². The second-order valence-electron chi connectivity index (χ2n) is 4.46. The highest BCUT2D eigenvalue weighted by atomic mass is 16.3. The van der Waals surface area contributed by atoms with Crippen LogP contribution in [0, 0.1) is 11.8 Å². The molecule has 1 aliphatic carbocycles. The summed E-state index contributed by atoms with van der Waals surface area (Å²) in [7, 11) is 0. The van der Waals surface area contributed by atoms with E-state index in [4.69, 9.17) is 0 Å². The van der Waals surface area contributed by atoms with Crippen molar-refractivity contribution >= 4 is 0 Å². The summed E-state index contributed by atoms with van der Waals surface area (Å²) in [5.74, 6) is 1.14. The van der Waals surface area contributed by atoms with Gasteiger partial charge in [-0.1, -0.05) is 33.6 Å². The van der Waals surface area contributed by atoms with E-state index in [0.717, 1.165) is 18.8 Å². The lowest BCUT2D eigenvalue weighted by Gasteiger charge is -2.38. The second kappa shape index (κ2) is 3.14. The van der Waals surface area contributed by atoms with Gasteiger partial charge in [-0.05, 0) is 24.7 Å². The van der Waals surface area contributed by atoms with E-state index >= 15 is 0 Å². The van der Waals surface area contributed by atoms with Gasteiger partial charge in [-0.25, -0.2) is 0 Å². The fourth-order valence-corrected chi connectivity index (χ4v) is 2.09. The van der Waals surface area contributed by atoms with Gasteiger partial charge < -0.3 is 5.11 Å². The van der Waals surface area contributed by atoms with Gasteiger partial charge in [0.05, 0.1) is 5.60 Å². The second-order valence-corrected chi connectivity index (χ2v) is 4.46. The third-order valence-corrected chi connectivity index (χ3v) is 3.08. The Balaban J connectivity index is 2.55. The van der Waals surface area contributed by atoms with Crippen molar-refractivity contribution < 1.29 is 5.11 Å². The van der Waals surface area contributed by atoms with Gasteiger partial charge in [-0.2, -0.15) is 0 Å². The third-order valence-electron chi connectivity index (χ3n) is 3.08. The molecule has 0 radical (unpaired) electrons. The van der Waals surface area contributed by atoms with Crippen molar-refractivity contribution in [1.82, 2.24) is 0 Å². The minimum Gasteiger partial charge on any atom is -0.390 e. The molecule has 0 bridgehead atoms. The molecule has 11 heavy (non-hydrogen) atoms. The molecule has 0 aliphatic heterocycles. The van der Waals surface area contributed by atoms with Crippen LogP contribution < -0.4 is 0 Å². The minimum atomic E-state index is -0.350. The summed E-state index contributed by atoms with van der Waals surface area (Å²) in [4.78, 5) is 0. The first-order chi connectivity index (χ1) is 5.04. The smallest absolute Gasteiger partial charge is 0.0673 e. The lowest BCUT2D eigenvalue weighted by Crippen LogP contribution is -2.39. The fourth-order valence-electron chi connectivity index (χ4n) is 2.09. The normalized spacial score (nSPS) is 39.5. The topological polar surface area (TPSA) is 20.2 Å². The van der Waals surface area contributed by atoms with Crippen LogP contribution in [0.25, 0.3) is 0 Å². The van der Waals surface area contributed by atoms with Crippen LogP contribution in [0.5, 0.6) is 0 Å². The average molecular weight is 156 g/mol. The Kier molecular flexibility index (Phi) is 2.58. The zero-order valence-electron chi connectivity index (χ0n) is 7.93. The maximum Gasteiger partial charge on any atom is 0.0673 e. The number of rotatable bonds is 1. The number of aliphatic hydroxyl groups is 1. The SMILES string of the molecule is CC1CCC[C@@](O)(C(C)C)C1. The maximum absolute atomic E-state index is 10.1. The summed E-state index contributed by atoms with van der Waals surface area (Å²) in [5.41, 5.74) is -0.350. The summed E-state index contributed by atoms with van der Waals surface area (Å²) >= 11 is 0. The predicted molar refractivity (Wildman–Crippen MR) is 47.4 cm³/mol. The molecule has 0 heterocycles. The monoisotopic (exact) mass is 156 g/mol. The number of hydrogen-bond donors (Lipinski definition) is 1. The Morgan fingerprint density at radius 3 is 2.45 bits per heavy atom. The van der Waals surface area contributed by atoms with Crippen LogP contribution in [-0.4, -0.2) is 10.7 Å². The van der Waals surface area contributed by atoms with Gasteiger partial charge >= 0.3 is 0 Å². The van der Waals surface area contributed by atoms with Gasteiger partial charge in [0.2, 0.25) is 0 Å². The van der Waals surface area contributed by atoms with Crippen molar-refractivity contribution in [2.75, 3.05) is 0 Å². The van der Waals surface area contributed by atoms with Gasteiger partial charge in [0.25, 0.3) is 0 Å². The third kappa shape index (κ3) is 1.96. The molecule has 1 nitrogen and oxygen atoms in total. The highest BCUT2D eigenvalue weighted by molar-refractivity contribution is 4.87. The van der Waals surface area contributed by atoms with E-state index in [-0.39, 0.29) is 5.60 Å². The van der Waals surface area contributed by atoms with E-state index in [0.29, 0.717) is 5.92 Å². The molecule has 0 aromatic carbocycles. The van der Waals surface area contributed by atoms with Gasteiger partial charge in [-0.3, -0.25) is 0 Å². The van der Waals surface area contributed by atoms with Crippen molar-refractivity contribution in [1.29, 1.82) is 0 Å². The van der Waals surface area contributed by atoms with Crippen molar-refractivity contribution in [2.24, 2.45) is 11.8 Å². The molecule has 0 aromatic rings. The molecule has 0 aromatic heterocycles. The zero-order chi connectivity index (χ0) is 8.48. The first-order valence-corrected chi connectivity index (χ1v) is 4.77. The minimum absolute atomic E-state index is 0.350. The fraction of sp³-hybridized carbons (Fsp3) is 1.00. The molecule has 1 heteroatoms. The highest BCUT2D eigenvalue weighted by Gasteiger charge is 2.35. The molecule has 1 N–H and O–H groups in total. The zero-order valence-corrected chi connectivity index (χ0v) is 7.93. The predicted octanol–water partition coefficient (Wildman–Crippen LogP) is 2.58. The molecule has 1 aliphatic rings. The molecule has 0 spiro atoms. The molecular formula is C10H20O. The van der Waals surface area contributed by atoms with Gasteiger partial charge in [0.1, 0.15) is 0 Å². The van der Waals surface area contributed by atoms with Crippen LogP contribution in [0.3, 0.4) is 0 Å². The van der Waals surface area contributed by atoms with E-state index in [1.807, 2.05) is 0 Å². The van der Waals surface area contributed by atoms with Gasteiger partial charge in [-0.15, -0.1) is 0 Å². The largest absolute Gasteiger partial charge is 0.390 e. The summed E-state index contributed by atoms with van der Waals surface area (Å²) in [6.07, 6.45) is 4.52. The van der Waals surface area contributed by atoms with E-state index in [1.54, 1.807) is 0 Å². The molecule has 2 atom stereocenters. The Morgan fingerprint density at radius 1 is 1.45 bits per heavy atom. The van der Waals surface area contributed by atoms with Crippen molar-refractivity contribution in [3.05, 3.63) is 0 Å². The average Bonchev–Trinajstić information content (AvgIpc) is 1.86. The molecule has 1 unspecified atom stereocenters. The Bertz CT molecular complexity index is 131. The standard InChI is InChI=1S/C10H20O/c1-8(2)10(11)6-4-5-9(3)7-10/h8-9,11H,4-7H2,1-3H3/t9?,10-/m0/s1. The van der Waals surface area contributed by atoms with E-state index in [9.17, 15) is 5.11 Å². The molecule has 1 saturated carbocycles. The lowest BCUT2D eigenvalue weighted by molar-refractivity contribution is -0.0512. The van der Waals surface area contributed by atoms with Crippen LogP contribution in [0.4, 0.5) is 0 Å². The van der Waals surface area contributed by atoms with Gasteiger partial charge in [0.15, 0.2) is 0 Å². The quantitative estimate of drug-likeness (QED) is 0.618. The molecule has 0 amide bonds. The Labute approximate surface area is 69.8 Å². The summed E-state index contributed by atoms with van der Waals surface area (Å²) in [6.45, 7) is 6.49. The van der Waals surface area contributed by atoms with Crippen molar-refractivity contribution in [3.63, 3.8) is 0 Å².